The third-order valence-corrected chi connectivity index (χ3v) is 3.72. The first-order valence-corrected chi connectivity index (χ1v) is 7.89. The van der Waals surface area contributed by atoms with E-state index in [9.17, 15) is 9.18 Å². The molecule has 24 heavy (non-hydrogen) atoms. The summed E-state index contributed by atoms with van der Waals surface area (Å²) < 4.78 is 16.7. The second-order valence-corrected chi connectivity index (χ2v) is 5.52. The smallest absolute Gasteiger partial charge is 0.256 e. The standard InChI is InChI=1S/C18H19FN4O/c1-3-10-20-17(24)16-13(2)21-23(15-8-6-14(19)7-9-15)18(16)22-11-4-5-12-22/h4-9,11-12H,3,10H2,1-2H3,(H,20,24). The Morgan fingerprint density at radius 1 is 1.21 bits per heavy atom. The Labute approximate surface area is 139 Å². The minimum Gasteiger partial charge on any atom is -0.352 e. The molecule has 124 valence electrons. The molecule has 3 rings (SSSR count). The molecule has 0 aliphatic carbocycles. The van der Waals surface area contributed by atoms with Gasteiger partial charge in [-0.2, -0.15) is 5.10 Å². The largest absolute Gasteiger partial charge is 0.352 e. The van der Waals surface area contributed by atoms with Crippen LogP contribution < -0.4 is 5.32 Å². The molecule has 2 heterocycles. The molecule has 0 aliphatic heterocycles. The Kier molecular flexibility index (Phi) is 4.46. The van der Waals surface area contributed by atoms with Crippen LogP contribution in [0.2, 0.25) is 0 Å². The molecule has 0 bridgehead atoms. The van der Waals surface area contributed by atoms with Crippen LogP contribution in [0.4, 0.5) is 4.39 Å². The van der Waals surface area contributed by atoms with Gasteiger partial charge in [0.05, 0.1) is 11.4 Å². The van der Waals surface area contributed by atoms with E-state index in [0.29, 0.717) is 29.3 Å². The quantitative estimate of drug-likeness (QED) is 0.782. The molecule has 0 aliphatic rings. The zero-order valence-corrected chi connectivity index (χ0v) is 13.7. The molecule has 0 saturated carbocycles. The van der Waals surface area contributed by atoms with E-state index in [4.69, 9.17) is 0 Å². The number of nitrogens with zero attached hydrogens (tertiary/aromatic N) is 3. The molecular weight excluding hydrogens is 307 g/mol. The molecule has 3 aromatic rings. The summed E-state index contributed by atoms with van der Waals surface area (Å²) in [6, 6.07) is 9.80. The molecule has 1 aromatic carbocycles. The highest BCUT2D eigenvalue weighted by Crippen LogP contribution is 2.23. The van der Waals surface area contributed by atoms with Crippen LogP contribution in [0.1, 0.15) is 29.4 Å². The van der Waals surface area contributed by atoms with Crippen molar-refractivity contribution in [3.63, 3.8) is 0 Å². The van der Waals surface area contributed by atoms with Gasteiger partial charge in [0.2, 0.25) is 0 Å². The lowest BCUT2D eigenvalue weighted by Gasteiger charge is -2.11. The predicted molar refractivity (Wildman–Crippen MR) is 90.2 cm³/mol. The van der Waals surface area contributed by atoms with Crippen molar-refractivity contribution >= 4 is 5.91 Å². The monoisotopic (exact) mass is 326 g/mol. The second kappa shape index (κ2) is 6.70. The molecule has 0 fully saturated rings. The zero-order chi connectivity index (χ0) is 17.1. The van der Waals surface area contributed by atoms with Crippen LogP contribution in [0.25, 0.3) is 11.5 Å². The molecule has 0 saturated heterocycles. The highest BCUT2D eigenvalue weighted by Gasteiger charge is 2.23. The Bertz CT molecular complexity index is 835. The van der Waals surface area contributed by atoms with Crippen molar-refractivity contribution in [1.82, 2.24) is 19.7 Å². The van der Waals surface area contributed by atoms with Gasteiger partial charge in [-0.15, -0.1) is 0 Å². The van der Waals surface area contributed by atoms with Gasteiger partial charge in [0.15, 0.2) is 5.82 Å². The fourth-order valence-corrected chi connectivity index (χ4v) is 2.58. The SMILES string of the molecule is CCCNC(=O)c1c(C)nn(-c2ccc(F)cc2)c1-n1cccc1. The highest BCUT2D eigenvalue weighted by atomic mass is 19.1. The summed E-state index contributed by atoms with van der Waals surface area (Å²) in [6.07, 6.45) is 4.57. The number of hydrogen-bond acceptors (Lipinski definition) is 2. The Balaban J connectivity index is 2.16. The van der Waals surface area contributed by atoms with Gasteiger partial charge in [-0.3, -0.25) is 4.79 Å². The fraction of sp³-hybridized carbons (Fsp3) is 0.222. The maximum Gasteiger partial charge on any atom is 0.256 e. The van der Waals surface area contributed by atoms with E-state index in [2.05, 4.69) is 10.4 Å². The highest BCUT2D eigenvalue weighted by molar-refractivity contribution is 5.98. The van der Waals surface area contributed by atoms with Crippen LogP contribution >= 0.6 is 0 Å². The number of rotatable bonds is 5. The van der Waals surface area contributed by atoms with Crippen molar-refractivity contribution < 1.29 is 9.18 Å². The number of carbonyl (C=O) groups excluding carboxylic acids is 1. The molecule has 1 N–H and O–H groups in total. The molecule has 0 unspecified atom stereocenters. The number of aryl methyl sites for hydroxylation is 1. The van der Waals surface area contributed by atoms with Crippen molar-refractivity contribution in [3.8, 4) is 11.5 Å². The lowest BCUT2D eigenvalue weighted by molar-refractivity contribution is 0.0953. The second-order valence-electron chi connectivity index (χ2n) is 5.52. The van der Waals surface area contributed by atoms with Gasteiger partial charge in [0, 0.05) is 18.9 Å². The van der Waals surface area contributed by atoms with E-state index < -0.39 is 0 Å². The van der Waals surface area contributed by atoms with Crippen LogP contribution in [0, 0.1) is 12.7 Å². The Morgan fingerprint density at radius 3 is 2.50 bits per heavy atom. The lowest BCUT2D eigenvalue weighted by atomic mass is 10.2. The molecule has 2 aromatic heterocycles. The molecule has 0 atom stereocenters. The summed E-state index contributed by atoms with van der Waals surface area (Å²) in [5.74, 6) is 0.162. The molecular formula is C18H19FN4O. The Hall–Kier alpha value is -2.89. The van der Waals surface area contributed by atoms with E-state index in [1.165, 1.54) is 12.1 Å². The summed E-state index contributed by atoms with van der Waals surface area (Å²) in [6.45, 7) is 4.40. The summed E-state index contributed by atoms with van der Waals surface area (Å²) in [5.41, 5.74) is 1.83. The molecule has 6 heteroatoms. The average Bonchev–Trinajstić information content (AvgIpc) is 3.20. The van der Waals surface area contributed by atoms with Gasteiger partial charge in [0.25, 0.3) is 5.91 Å². The lowest BCUT2D eigenvalue weighted by Crippen LogP contribution is -2.25. The van der Waals surface area contributed by atoms with Gasteiger partial charge in [-0.05, 0) is 49.7 Å². The summed E-state index contributed by atoms with van der Waals surface area (Å²) in [7, 11) is 0. The number of carbonyl (C=O) groups is 1. The van der Waals surface area contributed by atoms with E-state index in [1.807, 2.05) is 36.0 Å². The molecule has 5 nitrogen and oxygen atoms in total. The van der Waals surface area contributed by atoms with E-state index in [-0.39, 0.29) is 11.7 Å². The van der Waals surface area contributed by atoms with E-state index >= 15 is 0 Å². The summed E-state index contributed by atoms with van der Waals surface area (Å²) in [4.78, 5) is 12.6. The fourth-order valence-electron chi connectivity index (χ4n) is 2.58. The first-order chi connectivity index (χ1) is 11.6. The Morgan fingerprint density at radius 2 is 1.88 bits per heavy atom. The number of amides is 1. The number of halogens is 1. The summed E-state index contributed by atoms with van der Waals surface area (Å²) in [5, 5.41) is 7.41. The third-order valence-electron chi connectivity index (χ3n) is 3.72. The molecule has 0 spiro atoms. The van der Waals surface area contributed by atoms with Gasteiger partial charge in [-0.25, -0.2) is 9.07 Å². The normalized spacial score (nSPS) is 10.8. The summed E-state index contributed by atoms with van der Waals surface area (Å²) >= 11 is 0. The van der Waals surface area contributed by atoms with Crippen LogP contribution in [-0.2, 0) is 0 Å². The van der Waals surface area contributed by atoms with Crippen molar-refractivity contribution in [1.29, 1.82) is 0 Å². The van der Waals surface area contributed by atoms with E-state index in [0.717, 1.165) is 6.42 Å². The predicted octanol–water partition coefficient (Wildman–Crippen LogP) is 3.25. The van der Waals surface area contributed by atoms with Crippen molar-refractivity contribution in [2.75, 3.05) is 6.54 Å². The first-order valence-electron chi connectivity index (χ1n) is 7.89. The van der Waals surface area contributed by atoms with Crippen molar-refractivity contribution in [2.24, 2.45) is 0 Å². The average molecular weight is 326 g/mol. The number of nitrogens with one attached hydrogen (secondary N) is 1. The van der Waals surface area contributed by atoms with Crippen molar-refractivity contribution in [3.05, 3.63) is 65.9 Å². The van der Waals surface area contributed by atoms with Gasteiger partial charge < -0.3 is 9.88 Å². The van der Waals surface area contributed by atoms with Crippen LogP contribution in [-0.4, -0.2) is 26.8 Å². The van der Waals surface area contributed by atoms with Gasteiger partial charge >= 0.3 is 0 Å². The minimum atomic E-state index is -0.314. The van der Waals surface area contributed by atoms with Crippen LogP contribution in [0.3, 0.4) is 0 Å². The van der Waals surface area contributed by atoms with Crippen molar-refractivity contribution in [2.45, 2.75) is 20.3 Å². The number of hydrogen-bond donors (Lipinski definition) is 1. The molecule has 0 radical (unpaired) electrons. The van der Waals surface area contributed by atoms with Crippen LogP contribution in [0.5, 0.6) is 0 Å². The number of aromatic nitrogens is 3. The third kappa shape index (κ3) is 2.95. The zero-order valence-electron chi connectivity index (χ0n) is 13.7. The maximum atomic E-state index is 13.2. The van der Waals surface area contributed by atoms with Gasteiger partial charge in [-0.1, -0.05) is 6.92 Å². The minimum absolute atomic E-state index is 0.161. The first kappa shape index (κ1) is 16.0. The molecule has 1 amide bonds. The maximum absolute atomic E-state index is 13.2. The number of benzene rings is 1. The van der Waals surface area contributed by atoms with E-state index in [1.54, 1.807) is 23.7 Å². The van der Waals surface area contributed by atoms with Crippen LogP contribution in [0.15, 0.2) is 48.8 Å². The van der Waals surface area contributed by atoms with Gasteiger partial charge in [0.1, 0.15) is 11.4 Å². The topological polar surface area (TPSA) is 51.9 Å².